The summed E-state index contributed by atoms with van der Waals surface area (Å²) < 4.78 is 13.3. The molecule has 2 aliphatic carbocycles. The van der Waals surface area contributed by atoms with E-state index in [9.17, 15) is 0 Å². The summed E-state index contributed by atoms with van der Waals surface area (Å²) in [6.07, 6.45) is 4.15. The van der Waals surface area contributed by atoms with Crippen LogP contribution in [-0.2, 0) is 16.2 Å². The summed E-state index contributed by atoms with van der Waals surface area (Å²) in [7, 11) is 0. The highest BCUT2D eigenvalue weighted by molar-refractivity contribution is 6.98. The number of ether oxygens (including phenoxy) is 2. The Morgan fingerprint density at radius 1 is 0.646 bits per heavy atom. The largest absolute Gasteiger partial charge is 0.458 e. The van der Waals surface area contributed by atoms with Gasteiger partial charge in [-0.1, -0.05) is 97.0 Å². The zero-order valence-electron chi connectivity index (χ0n) is 29.8. The van der Waals surface area contributed by atoms with Gasteiger partial charge in [0.2, 0.25) is 5.88 Å². The van der Waals surface area contributed by atoms with Gasteiger partial charge in [0, 0.05) is 11.7 Å². The molecule has 0 radical (unpaired) electrons. The highest BCUT2D eigenvalue weighted by Crippen LogP contribution is 2.51. The summed E-state index contributed by atoms with van der Waals surface area (Å²) >= 11 is 0. The van der Waals surface area contributed by atoms with Crippen molar-refractivity contribution in [1.82, 2.24) is 4.98 Å². The summed E-state index contributed by atoms with van der Waals surface area (Å²) in [5.74, 6) is 3.83. The molecule has 0 saturated heterocycles. The molecule has 5 aromatic rings. The smallest absolute Gasteiger partial charge is 0.262 e. The van der Waals surface area contributed by atoms with E-state index >= 15 is 0 Å². The second-order valence-corrected chi connectivity index (χ2v) is 17.1. The van der Waals surface area contributed by atoms with Gasteiger partial charge in [0.05, 0.1) is 0 Å². The van der Waals surface area contributed by atoms with Crippen molar-refractivity contribution in [3.63, 3.8) is 0 Å². The number of rotatable bonds is 2. The Hall–Kier alpha value is -4.31. The zero-order chi connectivity index (χ0) is 33.5. The molecular formula is C44H44BNO2. The second kappa shape index (κ2) is 9.65. The Labute approximate surface area is 285 Å². The zero-order valence-corrected chi connectivity index (χ0v) is 29.8. The van der Waals surface area contributed by atoms with E-state index in [1.54, 1.807) is 6.20 Å². The van der Waals surface area contributed by atoms with Crippen LogP contribution < -0.4 is 25.9 Å². The summed E-state index contributed by atoms with van der Waals surface area (Å²) in [4.78, 5) is 4.71. The number of hydrogen-bond acceptors (Lipinski definition) is 3. The number of hydrogen-bond donors (Lipinski definition) is 0. The SMILES string of the molecule is Cc1cc2c(cc1-c1ccc3c(c1)Oc1ccnc4c1B3c1ccc(-c3cc5c(cc3C)C(C)(C)CC5(C)C)cc1O4)C(C)(C)CC2C. The van der Waals surface area contributed by atoms with E-state index in [0.717, 1.165) is 40.1 Å². The molecule has 3 heterocycles. The minimum absolute atomic E-state index is 0.0129. The van der Waals surface area contributed by atoms with Crippen LogP contribution in [0.3, 0.4) is 0 Å². The van der Waals surface area contributed by atoms with Crippen molar-refractivity contribution < 1.29 is 9.47 Å². The van der Waals surface area contributed by atoms with Crippen molar-refractivity contribution in [3.8, 4) is 45.4 Å². The van der Waals surface area contributed by atoms with Crippen molar-refractivity contribution in [2.75, 3.05) is 0 Å². The standard InChI is InChI=1S/C44H44BNO2/c1-24-16-31-26(3)22-42(4,5)32(31)20-29(24)27-10-12-35-38(18-27)47-37-14-15-46-41-40(37)45(35)36-13-11-28(19-39(36)48-41)30-21-34-33(17-25(30)2)43(6,7)23-44(34,8)9/h10-21,26H,22-23H2,1-9H3. The lowest BCUT2D eigenvalue weighted by molar-refractivity contribution is 0.403. The third kappa shape index (κ3) is 4.17. The fourth-order valence-electron chi connectivity index (χ4n) is 10.1. The molecule has 0 saturated carbocycles. The van der Waals surface area contributed by atoms with Gasteiger partial charge in [-0.2, -0.15) is 0 Å². The molecular weight excluding hydrogens is 585 g/mol. The Morgan fingerprint density at radius 2 is 1.23 bits per heavy atom. The van der Waals surface area contributed by atoms with Gasteiger partial charge in [-0.3, -0.25) is 0 Å². The second-order valence-electron chi connectivity index (χ2n) is 17.1. The van der Waals surface area contributed by atoms with E-state index in [-0.39, 0.29) is 23.0 Å². The van der Waals surface area contributed by atoms with Crippen LogP contribution in [-0.4, -0.2) is 11.7 Å². The van der Waals surface area contributed by atoms with Gasteiger partial charge in [-0.05, 0) is 134 Å². The summed E-state index contributed by atoms with van der Waals surface area (Å²) in [5, 5.41) is 0. The topological polar surface area (TPSA) is 31.4 Å². The molecule has 9 rings (SSSR count). The molecule has 3 nitrogen and oxygen atoms in total. The normalized spacial score (nSPS) is 19.8. The predicted octanol–water partition coefficient (Wildman–Crippen LogP) is 9.50. The molecule has 0 fully saturated rings. The fraction of sp³-hybridized carbons (Fsp3) is 0.341. The maximum absolute atomic E-state index is 6.66. The molecule has 4 heteroatoms. The van der Waals surface area contributed by atoms with Crippen molar-refractivity contribution in [3.05, 3.63) is 106 Å². The maximum Gasteiger partial charge on any atom is 0.262 e. The Bertz CT molecular complexity index is 2220. The fourth-order valence-corrected chi connectivity index (χ4v) is 10.1. The minimum Gasteiger partial charge on any atom is -0.458 e. The molecule has 4 aromatic carbocycles. The molecule has 1 atom stereocenters. The molecule has 0 amide bonds. The quantitative estimate of drug-likeness (QED) is 0.179. The van der Waals surface area contributed by atoms with Gasteiger partial charge in [-0.15, -0.1) is 0 Å². The van der Waals surface area contributed by atoms with E-state index in [1.807, 2.05) is 6.07 Å². The lowest BCUT2D eigenvalue weighted by Crippen LogP contribution is -2.57. The lowest BCUT2D eigenvalue weighted by Gasteiger charge is -2.32. The molecule has 1 unspecified atom stereocenters. The van der Waals surface area contributed by atoms with E-state index in [0.29, 0.717) is 11.8 Å². The van der Waals surface area contributed by atoms with Gasteiger partial charge in [-0.25, -0.2) is 4.98 Å². The molecule has 0 spiro atoms. The van der Waals surface area contributed by atoms with E-state index < -0.39 is 0 Å². The number of aromatic nitrogens is 1. The number of fused-ring (bicyclic) bond motifs is 6. The Morgan fingerprint density at radius 3 is 1.90 bits per heavy atom. The highest BCUT2D eigenvalue weighted by Gasteiger charge is 2.43. The van der Waals surface area contributed by atoms with Gasteiger partial charge >= 0.3 is 0 Å². The van der Waals surface area contributed by atoms with Crippen LogP contribution in [0.4, 0.5) is 0 Å². The van der Waals surface area contributed by atoms with Crippen LogP contribution in [0.1, 0.15) is 101 Å². The molecule has 240 valence electrons. The summed E-state index contributed by atoms with van der Waals surface area (Å²) in [5.41, 5.74) is 17.3. The summed E-state index contributed by atoms with van der Waals surface area (Å²) in [6, 6.07) is 25.3. The third-order valence-electron chi connectivity index (χ3n) is 12.1. The maximum atomic E-state index is 6.66. The van der Waals surface area contributed by atoms with E-state index in [1.165, 1.54) is 62.1 Å². The van der Waals surface area contributed by atoms with Gasteiger partial charge in [0.15, 0.2) is 0 Å². The average molecular weight is 630 g/mol. The first kappa shape index (κ1) is 29.8. The predicted molar refractivity (Wildman–Crippen MR) is 199 cm³/mol. The summed E-state index contributed by atoms with van der Waals surface area (Å²) in [6.45, 7) is 21.1. The van der Waals surface area contributed by atoms with Crippen LogP contribution in [0.25, 0.3) is 22.3 Å². The van der Waals surface area contributed by atoms with Crippen LogP contribution in [0.5, 0.6) is 23.1 Å². The van der Waals surface area contributed by atoms with Crippen LogP contribution in [0.2, 0.25) is 0 Å². The van der Waals surface area contributed by atoms with Crippen molar-refractivity contribution in [2.24, 2.45) is 0 Å². The molecule has 0 N–H and O–H groups in total. The first-order valence-electron chi connectivity index (χ1n) is 17.7. The minimum atomic E-state index is -0.0129. The van der Waals surface area contributed by atoms with Crippen LogP contribution >= 0.6 is 0 Å². The van der Waals surface area contributed by atoms with Crippen molar-refractivity contribution >= 4 is 23.1 Å². The Balaban J connectivity index is 1.15. The van der Waals surface area contributed by atoms with Crippen molar-refractivity contribution in [2.45, 2.75) is 97.3 Å². The van der Waals surface area contributed by atoms with E-state index in [2.05, 4.69) is 123 Å². The van der Waals surface area contributed by atoms with Gasteiger partial charge in [0.1, 0.15) is 17.2 Å². The third-order valence-corrected chi connectivity index (χ3v) is 12.1. The number of benzene rings is 4. The average Bonchev–Trinajstić information content (AvgIpc) is 3.36. The van der Waals surface area contributed by atoms with Crippen LogP contribution in [0.15, 0.2) is 72.9 Å². The highest BCUT2D eigenvalue weighted by atomic mass is 16.5. The first-order valence-corrected chi connectivity index (χ1v) is 17.7. The monoisotopic (exact) mass is 629 g/mol. The number of nitrogens with zero attached hydrogens (tertiary/aromatic N) is 1. The Kier molecular flexibility index (Phi) is 5.99. The number of aryl methyl sites for hydroxylation is 2. The molecule has 4 aliphatic rings. The molecule has 1 aromatic heterocycles. The van der Waals surface area contributed by atoms with Gasteiger partial charge in [0.25, 0.3) is 6.71 Å². The molecule has 48 heavy (non-hydrogen) atoms. The van der Waals surface area contributed by atoms with Crippen molar-refractivity contribution in [1.29, 1.82) is 0 Å². The first-order chi connectivity index (χ1) is 22.7. The van der Waals surface area contributed by atoms with E-state index in [4.69, 9.17) is 14.5 Å². The molecule has 2 aliphatic heterocycles. The lowest BCUT2D eigenvalue weighted by atomic mass is 9.35. The van der Waals surface area contributed by atoms with Gasteiger partial charge < -0.3 is 9.47 Å². The molecule has 0 bridgehead atoms. The number of pyridine rings is 1. The van der Waals surface area contributed by atoms with Crippen LogP contribution in [0, 0.1) is 13.8 Å².